The Morgan fingerprint density at radius 3 is 2.67 bits per heavy atom. The van der Waals surface area contributed by atoms with E-state index in [2.05, 4.69) is 29.2 Å². The van der Waals surface area contributed by atoms with Crippen LogP contribution in [-0.2, 0) is 0 Å². The summed E-state index contributed by atoms with van der Waals surface area (Å²) < 4.78 is 0. The second-order valence-corrected chi connectivity index (χ2v) is 6.24. The van der Waals surface area contributed by atoms with Gasteiger partial charge in [-0.1, -0.05) is 33.1 Å². The number of likely N-dealkylation sites (tertiary alicyclic amines) is 1. The van der Waals surface area contributed by atoms with E-state index < -0.39 is 0 Å². The number of nitrogens with zero attached hydrogens (tertiary/aromatic N) is 2. The molecule has 0 amide bonds. The average molecular weight is 252 g/mol. The maximum atomic E-state index is 5.64. The summed E-state index contributed by atoms with van der Waals surface area (Å²) in [7, 11) is 0. The summed E-state index contributed by atoms with van der Waals surface area (Å²) in [5.74, 6) is 8.94. The normalized spacial score (nSPS) is 29.3. The molecule has 2 unspecified atom stereocenters. The molecule has 1 aliphatic heterocycles. The summed E-state index contributed by atoms with van der Waals surface area (Å²) in [6, 6.07) is 0. The zero-order valence-corrected chi connectivity index (χ0v) is 11.9. The molecule has 0 bridgehead atoms. The number of fused-ring (bicyclic) bond motifs is 1. The third kappa shape index (κ3) is 3.37. The second-order valence-electron chi connectivity index (χ2n) is 6.24. The van der Waals surface area contributed by atoms with Crippen LogP contribution in [0.2, 0.25) is 0 Å². The van der Waals surface area contributed by atoms with Gasteiger partial charge in [0.05, 0.1) is 0 Å². The highest BCUT2D eigenvalue weighted by Crippen LogP contribution is 2.35. The number of piperidine rings is 1. The van der Waals surface area contributed by atoms with Gasteiger partial charge >= 0.3 is 0 Å². The van der Waals surface area contributed by atoms with E-state index in [0.717, 1.165) is 37.4 Å². The van der Waals surface area contributed by atoms with Crippen LogP contribution in [0.5, 0.6) is 0 Å². The van der Waals surface area contributed by atoms with Crippen LogP contribution in [-0.4, -0.2) is 30.5 Å². The lowest BCUT2D eigenvalue weighted by Gasteiger charge is -2.42. The van der Waals surface area contributed by atoms with Gasteiger partial charge in [-0.15, -0.1) is 0 Å². The number of nitrogens with one attached hydrogen (secondary N) is 1. The molecule has 3 N–H and O–H groups in total. The Labute approximate surface area is 111 Å². The molecule has 4 nitrogen and oxygen atoms in total. The van der Waals surface area contributed by atoms with Crippen molar-refractivity contribution < 1.29 is 0 Å². The average Bonchev–Trinajstić information content (AvgIpc) is 2.39. The first-order valence-electron chi connectivity index (χ1n) is 7.46. The van der Waals surface area contributed by atoms with Gasteiger partial charge < -0.3 is 4.90 Å². The molecule has 1 saturated carbocycles. The summed E-state index contributed by atoms with van der Waals surface area (Å²) in [5, 5.41) is 0. The van der Waals surface area contributed by atoms with Crippen LogP contribution in [0.25, 0.3) is 0 Å². The topological polar surface area (TPSA) is 53.6 Å². The summed E-state index contributed by atoms with van der Waals surface area (Å²) in [5.41, 5.74) is 2.80. The lowest BCUT2D eigenvalue weighted by molar-refractivity contribution is 0.127. The minimum absolute atomic E-state index is 0.584. The molecule has 2 aliphatic rings. The van der Waals surface area contributed by atoms with Gasteiger partial charge in [-0.3, -0.25) is 10.4 Å². The lowest BCUT2D eigenvalue weighted by atomic mass is 9.75. The molecule has 1 heterocycles. The first kappa shape index (κ1) is 13.7. The van der Waals surface area contributed by atoms with E-state index in [1.54, 1.807) is 0 Å². The molecule has 2 atom stereocenters. The van der Waals surface area contributed by atoms with Gasteiger partial charge in [0, 0.05) is 19.6 Å². The van der Waals surface area contributed by atoms with Crippen LogP contribution >= 0.6 is 0 Å². The van der Waals surface area contributed by atoms with E-state index in [1.165, 1.54) is 32.1 Å². The zero-order chi connectivity index (χ0) is 13.0. The summed E-state index contributed by atoms with van der Waals surface area (Å²) in [6.07, 6.45) is 6.98. The number of rotatable bonds is 2. The van der Waals surface area contributed by atoms with E-state index in [4.69, 9.17) is 5.84 Å². The van der Waals surface area contributed by atoms with Crippen molar-refractivity contribution in [3.8, 4) is 0 Å². The second kappa shape index (κ2) is 6.41. The highest BCUT2D eigenvalue weighted by atomic mass is 15.4. The van der Waals surface area contributed by atoms with Gasteiger partial charge in [0.15, 0.2) is 0 Å². The summed E-state index contributed by atoms with van der Waals surface area (Å²) in [6.45, 7) is 7.48. The zero-order valence-electron chi connectivity index (χ0n) is 11.9. The minimum Gasteiger partial charge on any atom is -0.342 e. The van der Waals surface area contributed by atoms with Gasteiger partial charge in [-0.2, -0.15) is 0 Å². The Morgan fingerprint density at radius 1 is 1.28 bits per heavy atom. The predicted molar refractivity (Wildman–Crippen MR) is 76.1 cm³/mol. The van der Waals surface area contributed by atoms with Crippen LogP contribution in [0.15, 0.2) is 4.99 Å². The smallest absolute Gasteiger partial charge is 0.208 e. The van der Waals surface area contributed by atoms with Crippen LogP contribution in [0, 0.1) is 17.8 Å². The van der Waals surface area contributed by atoms with Crippen molar-refractivity contribution in [1.29, 1.82) is 0 Å². The minimum atomic E-state index is 0.584. The van der Waals surface area contributed by atoms with Crippen molar-refractivity contribution in [3.63, 3.8) is 0 Å². The van der Waals surface area contributed by atoms with Crippen molar-refractivity contribution >= 4 is 5.96 Å². The third-order valence-electron chi connectivity index (χ3n) is 4.33. The summed E-state index contributed by atoms with van der Waals surface area (Å²) >= 11 is 0. The Hall–Kier alpha value is -0.770. The van der Waals surface area contributed by atoms with E-state index >= 15 is 0 Å². The maximum Gasteiger partial charge on any atom is 0.208 e. The quantitative estimate of drug-likeness (QED) is 0.342. The molecule has 0 spiro atoms. The molecule has 1 aliphatic carbocycles. The highest BCUT2D eigenvalue weighted by molar-refractivity contribution is 5.79. The SMILES string of the molecule is CC(C)CN=C(NN)N1CCC2CCCCC2C1. The molecule has 4 heteroatoms. The van der Waals surface area contributed by atoms with E-state index in [9.17, 15) is 0 Å². The number of hydrogen-bond acceptors (Lipinski definition) is 2. The fourth-order valence-corrected chi connectivity index (χ4v) is 3.30. The lowest BCUT2D eigenvalue weighted by Crippen LogP contribution is -2.51. The van der Waals surface area contributed by atoms with Crippen molar-refractivity contribution in [2.75, 3.05) is 19.6 Å². The van der Waals surface area contributed by atoms with Crippen LogP contribution in [0.4, 0.5) is 0 Å². The number of hydrogen-bond donors (Lipinski definition) is 2. The number of nitrogens with two attached hydrogens (primary N) is 1. The van der Waals surface area contributed by atoms with E-state index in [0.29, 0.717) is 5.92 Å². The number of guanidine groups is 1. The molecule has 2 rings (SSSR count). The van der Waals surface area contributed by atoms with Crippen molar-refractivity contribution in [2.45, 2.75) is 46.0 Å². The van der Waals surface area contributed by atoms with Gasteiger partial charge in [0.2, 0.25) is 5.96 Å². The molecule has 0 radical (unpaired) electrons. The molecule has 0 aromatic carbocycles. The molecule has 18 heavy (non-hydrogen) atoms. The summed E-state index contributed by atoms with van der Waals surface area (Å²) in [4.78, 5) is 6.97. The van der Waals surface area contributed by atoms with Crippen molar-refractivity contribution in [2.24, 2.45) is 28.6 Å². The van der Waals surface area contributed by atoms with Crippen molar-refractivity contribution in [3.05, 3.63) is 0 Å². The van der Waals surface area contributed by atoms with Gasteiger partial charge in [0.1, 0.15) is 0 Å². The fraction of sp³-hybridized carbons (Fsp3) is 0.929. The van der Waals surface area contributed by atoms with E-state index in [1.807, 2.05) is 0 Å². The molecule has 2 fully saturated rings. The largest absolute Gasteiger partial charge is 0.342 e. The van der Waals surface area contributed by atoms with Crippen molar-refractivity contribution in [1.82, 2.24) is 10.3 Å². The van der Waals surface area contributed by atoms with Gasteiger partial charge in [-0.05, 0) is 30.6 Å². The Balaban J connectivity index is 1.93. The molecular weight excluding hydrogens is 224 g/mol. The first-order valence-corrected chi connectivity index (χ1v) is 7.46. The van der Waals surface area contributed by atoms with Crippen LogP contribution < -0.4 is 11.3 Å². The molecule has 0 aromatic rings. The van der Waals surface area contributed by atoms with Gasteiger partial charge in [-0.25, -0.2) is 5.84 Å². The van der Waals surface area contributed by atoms with Crippen LogP contribution in [0.3, 0.4) is 0 Å². The first-order chi connectivity index (χ1) is 8.70. The Bertz CT molecular complexity index is 288. The fourth-order valence-electron chi connectivity index (χ4n) is 3.30. The maximum absolute atomic E-state index is 5.64. The Morgan fingerprint density at radius 2 is 2.00 bits per heavy atom. The Kier molecular flexibility index (Phi) is 4.87. The number of aliphatic imine (C=N–C) groups is 1. The highest BCUT2D eigenvalue weighted by Gasteiger charge is 2.32. The standard InChI is InChI=1S/C14H28N4/c1-11(2)9-16-14(17-15)18-8-7-12-5-3-4-6-13(12)10-18/h11-13H,3-10,15H2,1-2H3,(H,16,17). The molecule has 104 valence electrons. The van der Waals surface area contributed by atoms with Crippen LogP contribution in [0.1, 0.15) is 46.0 Å². The molecular formula is C14H28N4. The predicted octanol–water partition coefficient (Wildman–Crippen LogP) is 1.97. The van der Waals surface area contributed by atoms with E-state index in [-0.39, 0.29) is 0 Å². The molecule has 1 saturated heterocycles. The number of hydrazine groups is 1. The third-order valence-corrected chi connectivity index (χ3v) is 4.33. The van der Waals surface area contributed by atoms with Gasteiger partial charge in [0.25, 0.3) is 0 Å². The molecule has 0 aromatic heterocycles. The monoisotopic (exact) mass is 252 g/mol.